The smallest absolute Gasteiger partial charge is 0.243 e. The van der Waals surface area contributed by atoms with Crippen LogP contribution >= 0.6 is 0 Å². The Kier molecular flexibility index (Phi) is 9.00. The van der Waals surface area contributed by atoms with Gasteiger partial charge in [0, 0.05) is 39.8 Å². The molecule has 2 aromatic carbocycles. The first-order valence-electron chi connectivity index (χ1n) is 9.89. The van der Waals surface area contributed by atoms with E-state index in [1.54, 1.807) is 33.2 Å². The molecule has 7 nitrogen and oxygen atoms in total. The monoisotopic (exact) mass is 412 g/mol. The Hall–Kier alpha value is -3.22. The molecule has 2 aromatic rings. The minimum Gasteiger partial charge on any atom is -0.497 e. The molecule has 0 radical (unpaired) electrons. The lowest BCUT2D eigenvalue weighted by Gasteiger charge is -2.24. The van der Waals surface area contributed by atoms with Gasteiger partial charge in [0.05, 0.1) is 14.2 Å². The van der Waals surface area contributed by atoms with Crippen LogP contribution in [0.4, 0.5) is 0 Å². The van der Waals surface area contributed by atoms with E-state index >= 15 is 0 Å². The van der Waals surface area contributed by atoms with Crippen molar-refractivity contribution >= 4 is 11.9 Å². The molecule has 0 aliphatic rings. The van der Waals surface area contributed by atoms with Gasteiger partial charge in [-0.25, -0.2) is 4.99 Å². The number of ether oxygens (including phenoxy) is 2. The predicted molar refractivity (Wildman–Crippen MR) is 120 cm³/mol. The average Bonchev–Trinajstić information content (AvgIpc) is 2.76. The number of likely N-dealkylation sites (N-methyl/N-ethyl adjacent to an activating group) is 1. The fraction of sp³-hybridized carbons (Fsp3) is 0.391. The maximum absolute atomic E-state index is 12.0. The van der Waals surface area contributed by atoms with E-state index < -0.39 is 0 Å². The third kappa shape index (κ3) is 6.99. The number of aliphatic imine (C=N–C) groups is 1. The quantitative estimate of drug-likeness (QED) is 0.506. The van der Waals surface area contributed by atoms with Crippen molar-refractivity contribution in [2.75, 3.05) is 48.5 Å². The van der Waals surface area contributed by atoms with Gasteiger partial charge >= 0.3 is 0 Å². The lowest BCUT2D eigenvalue weighted by molar-refractivity contribution is -0.127. The molecule has 0 aromatic heterocycles. The van der Waals surface area contributed by atoms with Crippen LogP contribution < -0.4 is 14.8 Å². The fourth-order valence-electron chi connectivity index (χ4n) is 2.87. The fourth-order valence-corrected chi connectivity index (χ4v) is 2.87. The summed E-state index contributed by atoms with van der Waals surface area (Å²) in [5, 5.41) is 3.38. The molecule has 0 spiro atoms. The average molecular weight is 413 g/mol. The molecule has 0 heterocycles. The first-order valence-corrected chi connectivity index (χ1v) is 9.89. The molecule has 0 fully saturated rings. The van der Waals surface area contributed by atoms with Crippen molar-refractivity contribution in [2.24, 2.45) is 4.99 Å². The van der Waals surface area contributed by atoms with Crippen molar-refractivity contribution in [1.29, 1.82) is 0 Å². The number of carbonyl (C=O) groups is 1. The maximum Gasteiger partial charge on any atom is 0.243 e. The number of benzene rings is 2. The van der Waals surface area contributed by atoms with Gasteiger partial charge in [0.1, 0.15) is 18.0 Å². The Morgan fingerprint density at radius 2 is 1.70 bits per heavy atom. The number of para-hydroxylation sites is 1. The van der Waals surface area contributed by atoms with E-state index in [0.717, 1.165) is 23.5 Å². The van der Waals surface area contributed by atoms with E-state index in [0.29, 0.717) is 19.0 Å². The van der Waals surface area contributed by atoms with Crippen LogP contribution in [0.5, 0.6) is 11.5 Å². The lowest BCUT2D eigenvalue weighted by Crippen LogP contribution is -2.40. The van der Waals surface area contributed by atoms with Crippen LogP contribution in [0.2, 0.25) is 0 Å². The van der Waals surface area contributed by atoms with Crippen molar-refractivity contribution in [3.63, 3.8) is 0 Å². The van der Waals surface area contributed by atoms with Crippen LogP contribution in [0.3, 0.4) is 0 Å². The summed E-state index contributed by atoms with van der Waals surface area (Å²) in [4.78, 5) is 20.1. The summed E-state index contributed by atoms with van der Waals surface area (Å²) in [6.45, 7) is 1.39. The molecule has 1 N–H and O–H groups in total. The SMILES string of the molecule is COc1ccc(CCNC(=NCC(=O)N(C)C)N(C)Cc2ccccc2OC)cc1. The highest BCUT2D eigenvalue weighted by atomic mass is 16.5. The predicted octanol–water partition coefficient (Wildman–Crippen LogP) is 2.41. The second-order valence-corrected chi connectivity index (χ2v) is 7.12. The molecule has 162 valence electrons. The molecule has 0 aliphatic carbocycles. The second-order valence-electron chi connectivity index (χ2n) is 7.12. The van der Waals surface area contributed by atoms with E-state index in [1.165, 1.54) is 5.56 Å². The van der Waals surface area contributed by atoms with Crippen molar-refractivity contribution < 1.29 is 14.3 Å². The molecule has 7 heteroatoms. The van der Waals surface area contributed by atoms with E-state index in [2.05, 4.69) is 10.3 Å². The lowest BCUT2D eigenvalue weighted by atomic mass is 10.1. The van der Waals surface area contributed by atoms with Gasteiger partial charge in [-0.05, 0) is 30.2 Å². The number of nitrogens with one attached hydrogen (secondary N) is 1. The van der Waals surface area contributed by atoms with Crippen molar-refractivity contribution in [3.05, 3.63) is 59.7 Å². The Morgan fingerprint density at radius 3 is 2.33 bits per heavy atom. The Labute approximate surface area is 179 Å². The van der Waals surface area contributed by atoms with Crippen LogP contribution in [0.1, 0.15) is 11.1 Å². The highest BCUT2D eigenvalue weighted by Crippen LogP contribution is 2.18. The van der Waals surface area contributed by atoms with Gasteiger partial charge in [0.15, 0.2) is 5.96 Å². The minimum atomic E-state index is -0.0462. The zero-order valence-electron chi connectivity index (χ0n) is 18.5. The van der Waals surface area contributed by atoms with Crippen LogP contribution in [-0.4, -0.2) is 70.1 Å². The number of carbonyl (C=O) groups excluding carboxylic acids is 1. The molecule has 0 atom stereocenters. The van der Waals surface area contributed by atoms with Gasteiger partial charge in [0.2, 0.25) is 5.91 Å². The van der Waals surface area contributed by atoms with E-state index in [-0.39, 0.29) is 12.5 Å². The van der Waals surface area contributed by atoms with Gasteiger partial charge in [-0.3, -0.25) is 4.79 Å². The van der Waals surface area contributed by atoms with Crippen LogP contribution in [0.15, 0.2) is 53.5 Å². The highest BCUT2D eigenvalue weighted by Gasteiger charge is 2.12. The Balaban J connectivity index is 2.06. The van der Waals surface area contributed by atoms with Crippen LogP contribution in [-0.2, 0) is 17.8 Å². The molecule has 1 amide bonds. The Morgan fingerprint density at radius 1 is 1.00 bits per heavy atom. The van der Waals surface area contributed by atoms with Crippen molar-refractivity contribution in [2.45, 2.75) is 13.0 Å². The third-order valence-electron chi connectivity index (χ3n) is 4.68. The largest absolute Gasteiger partial charge is 0.497 e. The summed E-state index contributed by atoms with van der Waals surface area (Å²) in [6, 6.07) is 15.9. The van der Waals surface area contributed by atoms with E-state index in [4.69, 9.17) is 9.47 Å². The summed E-state index contributed by atoms with van der Waals surface area (Å²) < 4.78 is 10.7. The van der Waals surface area contributed by atoms with Crippen molar-refractivity contribution in [3.8, 4) is 11.5 Å². The molecule has 0 saturated carbocycles. The summed E-state index contributed by atoms with van der Waals surface area (Å²) in [6.07, 6.45) is 0.827. The van der Waals surface area contributed by atoms with Gasteiger partial charge in [0.25, 0.3) is 0 Å². The number of amides is 1. The highest BCUT2D eigenvalue weighted by molar-refractivity contribution is 5.84. The summed E-state index contributed by atoms with van der Waals surface area (Å²) in [5.41, 5.74) is 2.24. The van der Waals surface area contributed by atoms with Gasteiger partial charge in [-0.1, -0.05) is 30.3 Å². The zero-order chi connectivity index (χ0) is 21.9. The van der Waals surface area contributed by atoms with Crippen LogP contribution in [0, 0.1) is 0 Å². The summed E-state index contributed by atoms with van der Waals surface area (Å²) in [5.74, 6) is 2.29. The maximum atomic E-state index is 12.0. The normalized spacial score (nSPS) is 11.0. The number of rotatable bonds is 9. The molecular weight excluding hydrogens is 380 g/mol. The number of hydrogen-bond acceptors (Lipinski definition) is 4. The zero-order valence-corrected chi connectivity index (χ0v) is 18.5. The summed E-state index contributed by atoms with van der Waals surface area (Å²) in [7, 11) is 8.73. The molecule has 30 heavy (non-hydrogen) atoms. The topological polar surface area (TPSA) is 66.4 Å². The molecule has 0 aliphatic heterocycles. The van der Waals surface area contributed by atoms with E-state index in [1.807, 2.05) is 60.5 Å². The molecular formula is C23H32N4O3. The van der Waals surface area contributed by atoms with E-state index in [9.17, 15) is 4.79 Å². The van der Waals surface area contributed by atoms with Gasteiger partial charge in [-0.2, -0.15) is 0 Å². The standard InChI is InChI=1S/C23H32N4O3/c1-26(2)22(28)16-25-23(24-15-14-18-10-12-20(29-4)13-11-18)27(3)17-19-8-6-7-9-21(19)30-5/h6-13H,14-17H2,1-5H3,(H,24,25). The third-order valence-corrected chi connectivity index (χ3v) is 4.68. The second kappa shape index (κ2) is 11.7. The van der Waals surface area contributed by atoms with Crippen LogP contribution in [0.25, 0.3) is 0 Å². The van der Waals surface area contributed by atoms with Gasteiger partial charge in [-0.15, -0.1) is 0 Å². The molecule has 2 rings (SSSR count). The number of methoxy groups -OCH3 is 2. The van der Waals surface area contributed by atoms with Gasteiger partial charge < -0.3 is 24.6 Å². The molecule has 0 saturated heterocycles. The number of nitrogens with zero attached hydrogens (tertiary/aromatic N) is 3. The molecule has 0 bridgehead atoms. The number of guanidine groups is 1. The first-order chi connectivity index (χ1) is 14.4. The van der Waals surface area contributed by atoms with Crippen molar-refractivity contribution in [1.82, 2.24) is 15.1 Å². The minimum absolute atomic E-state index is 0.0462. The Bertz CT molecular complexity index is 835. The summed E-state index contributed by atoms with van der Waals surface area (Å²) >= 11 is 0. The molecule has 0 unspecified atom stereocenters. The first kappa shape index (κ1) is 23.1. The number of hydrogen-bond donors (Lipinski definition) is 1.